The first-order valence-corrected chi connectivity index (χ1v) is 7.01. The van der Waals surface area contributed by atoms with Gasteiger partial charge in [-0.15, -0.1) is 11.6 Å². The third-order valence-electron chi connectivity index (χ3n) is 2.57. The Morgan fingerprint density at radius 1 is 1.29 bits per heavy atom. The highest BCUT2D eigenvalue weighted by Gasteiger charge is 2.27. The zero-order chi connectivity index (χ0) is 10.8. The van der Waals surface area contributed by atoms with Crippen molar-refractivity contribution in [2.24, 2.45) is 0 Å². The molecule has 1 aliphatic rings. The summed E-state index contributed by atoms with van der Waals surface area (Å²) in [6.07, 6.45) is 2.57. The maximum Gasteiger partial charge on any atom is 0.216 e. The second-order valence-corrected chi connectivity index (χ2v) is 7.13. The number of halogens is 1. The van der Waals surface area contributed by atoms with Crippen molar-refractivity contribution < 1.29 is 8.42 Å². The molecular weight excluding hydrogens is 222 g/mol. The van der Waals surface area contributed by atoms with Crippen LogP contribution in [-0.4, -0.2) is 36.4 Å². The van der Waals surface area contributed by atoms with Crippen LogP contribution < -0.4 is 0 Å². The lowest BCUT2D eigenvalue weighted by Gasteiger charge is -2.22. The maximum atomic E-state index is 11.8. The Bertz CT molecular complexity index is 277. The summed E-state index contributed by atoms with van der Waals surface area (Å²) >= 11 is 5.99. The van der Waals surface area contributed by atoms with Crippen molar-refractivity contribution >= 4 is 21.6 Å². The van der Waals surface area contributed by atoms with Crippen molar-refractivity contribution in [3.05, 3.63) is 0 Å². The standard InChI is InChI=1S/C9H18ClNO2S/c1-8(2)14(12,13)11-6-3-4-9(10)5-7-11/h8-9H,3-7H2,1-2H3. The lowest BCUT2D eigenvalue weighted by molar-refractivity contribution is 0.418. The maximum absolute atomic E-state index is 11.8. The van der Waals surface area contributed by atoms with Crippen molar-refractivity contribution in [3.63, 3.8) is 0 Å². The van der Waals surface area contributed by atoms with E-state index >= 15 is 0 Å². The SMILES string of the molecule is CC(C)S(=O)(=O)N1CCCC(Cl)CC1. The van der Waals surface area contributed by atoms with E-state index in [0.29, 0.717) is 13.1 Å². The van der Waals surface area contributed by atoms with Crippen LogP contribution in [0, 0.1) is 0 Å². The molecule has 1 rings (SSSR count). The molecule has 0 aromatic rings. The number of alkyl halides is 1. The van der Waals surface area contributed by atoms with Gasteiger partial charge in [0.05, 0.1) is 5.25 Å². The molecule has 0 amide bonds. The summed E-state index contributed by atoms with van der Waals surface area (Å²) in [6, 6.07) is 0. The van der Waals surface area contributed by atoms with Gasteiger partial charge in [-0.2, -0.15) is 0 Å². The molecular formula is C9H18ClNO2S. The van der Waals surface area contributed by atoms with Gasteiger partial charge in [-0.1, -0.05) is 0 Å². The Hall–Kier alpha value is 0.200. The molecule has 1 aliphatic heterocycles. The van der Waals surface area contributed by atoms with E-state index in [4.69, 9.17) is 11.6 Å². The van der Waals surface area contributed by atoms with Crippen LogP contribution in [0.25, 0.3) is 0 Å². The van der Waals surface area contributed by atoms with Crippen LogP contribution in [-0.2, 0) is 10.0 Å². The highest BCUT2D eigenvalue weighted by molar-refractivity contribution is 7.89. The van der Waals surface area contributed by atoms with Crippen LogP contribution in [0.5, 0.6) is 0 Å². The fourth-order valence-corrected chi connectivity index (χ4v) is 3.17. The van der Waals surface area contributed by atoms with Gasteiger partial charge in [0.25, 0.3) is 0 Å². The number of hydrogen-bond donors (Lipinski definition) is 0. The third-order valence-corrected chi connectivity index (χ3v) is 5.29. The Kier molecular flexibility index (Phi) is 4.22. The van der Waals surface area contributed by atoms with Gasteiger partial charge in [-0.3, -0.25) is 0 Å². The molecule has 14 heavy (non-hydrogen) atoms. The predicted octanol–water partition coefficient (Wildman–Crippen LogP) is 1.82. The van der Waals surface area contributed by atoms with Crippen LogP contribution in [0.1, 0.15) is 33.1 Å². The van der Waals surface area contributed by atoms with Crippen LogP contribution in [0.3, 0.4) is 0 Å². The molecule has 0 saturated carbocycles. The minimum Gasteiger partial charge on any atom is -0.212 e. The van der Waals surface area contributed by atoms with Crippen LogP contribution in [0.4, 0.5) is 0 Å². The fraction of sp³-hybridized carbons (Fsp3) is 1.00. The van der Waals surface area contributed by atoms with Gasteiger partial charge in [0, 0.05) is 18.5 Å². The van der Waals surface area contributed by atoms with Crippen molar-refractivity contribution in [2.45, 2.75) is 43.7 Å². The van der Waals surface area contributed by atoms with Crippen molar-refractivity contribution in [1.82, 2.24) is 4.31 Å². The quantitative estimate of drug-likeness (QED) is 0.690. The predicted molar refractivity (Wildman–Crippen MR) is 59.1 cm³/mol. The Labute approximate surface area is 91.5 Å². The molecule has 0 aromatic heterocycles. The van der Waals surface area contributed by atoms with Gasteiger partial charge in [0.2, 0.25) is 10.0 Å². The molecule has 1 fully saturated rings. The highest BCUT2D eigenvalue weighted by atomic mass is 35.5. The second-order valence-electron chi connectivity index (χ2n) is 4.02. The number of hydrogen-bond acceptors (Lipinski definition) is 2. The molecule has 84 valence electrons. The van der Waals surface area contributed by atoms with Crippen LogP contribution in [0.15, 0.2) is 0 Å². The van der Waals surface area contributed by atoms with Crippen LogP contribution in [0.2, 0.25) is 0 Å². The van der Waals surface area contributed by atoms with E-state index in [-0.39, 0.29) is 10.6 Å². The first kappa shape index (κ1) is 12.3. The first-order valence-electron chi connectivity index (χ1n) is 5.07. The summed E-state index contributed by atoms with van der Waals surface area (Å²) in [5.41, 5.74) is 0. The summed E-state index contributed by atoms with van der Waals surface area (Å²) in [7, 11) is -3.07. The van der Waals surface area contributed by atoms with Gasteiger partial charge < -0.3 is 0 Å². The van der Waals surface area contributed by atoms with Crippen LogP contribution >= 0.6 is 11.6 Å². The Morgan fingerprint density at radius 3 is 2.50 bits per heavy atom. The first-order chi connectivity index (χ1) is 6.44. The van der Waals surface area contributed by atoms with Gasteiger partial charge in [0.1, 0.15) is 0 Å². The van der Waals surface area contributed by atoms with E-state index in [1.54, 1.807) is 18.2 Å². The summed E-state index contributed by atoms with van der Waals surface area (Å²) in [5.74, 6) is 0. The smallest absolute Gasteiger partial charge is 0.212 e. The summed E-state index contributed by atoms with van der Waals surface area (Å²) in [4.78, 5) is 0. The minimum atomic E-state index is -3.07. The van der Waals surface area contributed by atoms with Crippen molar-refractivity contribution in [2.75, 3.05) is 13.1 Å². The largest absolute Gasteiger partial charge is 0.216 e. The average molecular weight is 240 g/mol. The monoisotopic (exact) mass is 239 g/mol. The number of sulfonamides is 1. The summed E-state index contributed by atoms with van der Waals surface area (Å²) < 4.78 is 25.2. The normalized spacial score (nSPS) is 26.4. The van der Waals surface area contributed by atoms with E-state index in [1.165, 1.54) is 0 Å². The molecule has 0 N–H and O–H groups in total. The second kappa shape index (κ2) is 4.81. The molecule has 1 heterocycles. The lowest BCUT2D eigenvalue weighted by atomic mass is 10.2. The van der Waals surface area contributed by atoms with Gasteiger partial charge in [0.15, 0.2) is 0 Å². The molecule has 1 saturated heterocycles. The fourth-order valence-electron chi connectivity index (χ4n) is 1.58. The zero-order valence-corrected chi connectivity index (χ0v) is 10.3. The third kappa shape index (κ3) is 2.84. The summed E-state index contributed by atoms with van der Waals surface area (Å²) in [5, 5.41) is -0.184. The highest BCUT2D eigenvalue weighted by Crippen LogP contribution is 2.19. The summed E-state index contributed by atoms with van der Waals surface area (Å²) in [6.45, 7) is 4.65. The molecule has 0 radical (unpaired) electrons. The van der Waals surface area contributed by atoms with E-state index in [0.717, 1.165) is 19.3 Å². The lowest BCUT2D eigenvalue weighted by Crippen LogP contribution is -2.37. The number of nitrogens with zero attached hydrogens (tertiary/aromatic N) is 1. The van der Waals surface area contributed by atoms with Gasteiger partial charge >= 0.3 is 0 Å². The minimum absolute atomic E-state index is 0.141. The molecule has 0 aliphatic carbocycles. The number of rotatable bonds is 2. The van der Waals surface area contributed by atoms with E-state index in [1.807, 2.05) is 0 Å². The van der Waals surface area contributed by atoms with Crippen molar-refractivity contribution in [1.29, 1.82) is 0 Å². The van der Waals surface area contributed by atoms with E-state index in [2.05, 4.69) is 0 Å². The van der Waals surface area contributed by atoms with E-state index in [9.17, 15) is 8.42 Å². The Balaban J connectivity index is 2.69. The molecule has 3 nitrogen and oxygen atoms in total. The van der Waals surface area contributed by atoms with Gasteiger partial charge in [-0.05, 0) is 33.1 Å². The molecule has 1 unspecified atom stereocenters. The Morgan fingerprint density at radius 2 is 1.93 bits per heavy atom. The molecule has 0 aromatic carbocycles. The molecule has 0 bridgehead atoms. The average Bonchev–Trinajstić information content (AvgIpc) is 2.29. The van der Waals surface area contributed by atoms with Crippen molar-refractivity contribution in [3.8, 4) is 0 Å². The van der Waals surface area contributed by atoms with Gasteiger partial charge in [-0.25, -0.2) is 12.7 Å². The zero-order valence-electron chi connectivity index (χ0n) is 8.74. The topological polar surface area (TPSA) is 37.4 Å². The molecule has 0 spiro atoms. The molecule has 1 atom stereocenters. The molecule has 5 heteroatoms. The van der Waals surface area contributed by atoms with E-state index < -0.39 is 10.0 Å².